The van der Waals surface area contributed by atoms with Gasteiger partial charge in [0.15, 0.2) is 0 Å². The molecule has 0 amide bonds. The molecule has 2 aromatic heterocycles. The van der Waals surface area contributed by atoms with Crippen molar-refractivity contribution in [2.75, 3.05) is 20.1 Å². The van der Waals surface area contributed by atoms with Crippen LogP contribution in [0, 0.1) is 9.81 Å². The Morgan fingerprint density at radius 1 is 0.968 bits per heavy atom. The van der Waals surface area contributed by atoms with Gasteiger partial charge >= 0.3 is 11.3 Å². The first-order valence-electron chi connectivity index (χ1n) is 9.46. The number of nitrogens with zero attached hydrogens (tertiary/aromatic N) is 3. The second kappa shape index (κ2) is 8.41. The predicted octanol–water partition coefficient (Wildman–Crippen LogP) is 4.16. The first-order valence-corrected chi connectivity index (χ1v) is 9.46. The van der Waals surface area contributed by atoms with Gasteiger partial charge in [0, 0.05) is 41.1 Å². The van der Waals surface area contributed by atoms with E-state index in [1.54, 1.807) is 42.3 Å². The van der Waals surface area contributed by atoms with Crippen molar-refractivity contribution in [3.05, 3.63) is 84.7 Å². The van der Waals surface area contributed by atoms with E-state index in [0.29, 0.717) is 34.0 Å². The molecule has 156 valence electrons. The van der Waals surface area contributed by atoms with Crippen LogP contribution in [0.4, 0.5) is 5.69 Å². The number of fused-ring (bicyclic) bond motifs is 2. The van der Waals surface area contributed by atoms with E-state index in [9.17, 15) is 19.4 Å². The van der Waals surface area contributed by atoms with E-state index in [4.69, 9.17) is 8.83 Å². The summed E-state index contributed by atoms with van der Waals surface area (Å²) >= 11 is 0. The fourth-order valence-electron chi connectivity index (χ4n) is 3.54. The molecule has 2 aromatic carbocycles. The van der Waals surface area contributed by atoms with Crippen LogP contribution in [0.15, 0.2) is 77.3 Å². The van der Waals surface area contributed by atoms with Crippen LogP contribution < -0.4 is 11.3 Å². The fraction of sp³-hybridized carbons (Fsp3) is 0.182. The van der Waals surface area contributed by atoms with Crippen molar-refractivity contribution in [3.8, 4) is 11.1 Å². The molecule has 0 saturated heterocycles. The Labute approximate surface area is 174 Å². The largest absolute Gasteiger partial charge is 0.422 e. The Kier molecular flexibility index (Phi) is 5.50. The lowest BCUT2D eigenvalue weighted by Gasteiger charge is -2.17. The van der Waals surface area contributed by atoms with Crippen LogP contribution in [0.3, 0.4) is 0 Å². The number of hydrogen-bond donors (Lipinski definition) is 0. The zero-order chi connectivity index (χ0) is 22.0. The SMILES string of the molecule is CN(CCN=O)Cc1c(N=O)ccc2c(-c3cc4ccccc4oc3=O)cc(=O)oc12. The first-order chi connectivity index (χ1) is 15.0. The van der Waals surface area contributed by atoms with E-state index >= 15 is 0 Å². The van der Waals surface area contributed by atoms with Crippen molar-refractivity contribution in [1.82, 2.24) is 4.90 Å². The Morgan fingerprint density at radius 3 is 2.55 bits per heavy atom. The van der Waals surface area contributed by atoms with E-state index in [1.165, 1.54) is 12.1 Å². The van der Waals surface area contributed by atoms with Gasteiger partial charge in [-0.3, -0.25) is 4.90 Å². The molecule has 4 rings (SSSR count). The number of nitroso groups, excluding NO2 is 2. The summed E-state index contributed by atoms with van der Waals surface area (Å²) in [5, 5.41) is 7.03. The molecule has 0 spiro atoms. The Hall–Kier alpha value is -3.98. The molecule has 0 bridgehead atoms. The monoisotopic (exact) mass is 419 g/mol. The molecule has 0 aliphatic heterocycles. The van der Waals surface area contributed by atoms with Crippen LogP contribution >= 0.6 is 0 Å². The Morgan fingerprint density at radius 2 is 1.77 bits per heavy atom. The summed E-state index contributed by atoms with van der Waals surface area (Å²) in [6.45, 7) is 0.599. The van der Waals surface area contributed by atoms with E-state index in [-0.39, 0.29) is 29.9 Å². The molecule has 4 aromatic rings. The molecule has 0 N–H and O–H groups in total. The second-order valence-electron chi connectivity index (χ2n) is 7.09. The average molecular weight is 419 g/mol. The third-order valence-corrected chi connectivity index (χ3v) is 5.02. The molecule has 0 radical (unpaired) electrons. The second-order valence-corrected chi connectivity index (χ2v) is 7.09. The van der Waals surface area contributed by atoms with Gasteiger partial charge in [-0.05, 0) is 36.5 Å². The quantitative estimate of drug-likeness (QED) is 0.325. The van der Waals surface area contributed by atoms with Crippen LogP contribution in [0.25, 0.3) is 33.1 Å². The summed E-state index contributed by atoms with van der Waals surface area (Å²) in [5.74, 6) is 0. The minimum atomic E-state index is -0.684. The molecule has 0 fully saturated rings. The van der Waals surface area contributed by atoms with Gasteiger partial charge in [-0.1, -0.05) is 23.4 Å². The van der Waals surface area contributed by atoms with Crippen molar-refractivity contribution in [2.45, 2.75) is 6.54 Å². The summed E-state index contributed by atoms with van der Waals surface area (Å²) in [5.41, 5.74) is 0.319. The van der Waals surface area contributed by atoms with Gasteiger partial charge in [0.25, 0.3) is 0 Å². The lowest BCUT2D eigenvalue weighted by atomic mass is 9.99. The van der Waals surface area contributed by atoms with E-state index in [1.807, 2.05) is 6.07 Å². The van der Waals surface area contributed by atoms with Gasteiger partial charge in [0.1, 0.15) is 16.9 Å². The molecular weight excluding hydrogens is 402 g/mol. The van der Waals surface area contributed by atoms with E-state index in [0.717, 1.165) is 0 Å². The zero-order valence-electron chi connectivity index (χ0n) is 16.5. The van der Waals surface area contributed by atoms with Gasteiger partial charge in [0.05, 0.1) is 12.1 Å². The maximum atomic E-state index is 12.7. The number of benzene rings is 2. The summed E-state index contributed by atoms with van der Waals surface area (Å²) in [6, 6.07) is 13.0. The smallest absolute Gasteiger partial charge is 0.344 e. The highest BCUT2D eigenvalue weighted by molar-refractivity contribution is 5.97. The van der Waals surface area contributed by atoms with Crippen molar-refractivity contribution >= 4 is 27.6 Å². The van der Waals surface area contributed by atoms with E-state index < -0.39 is 11.3 Å². The first kappa shape index (κ1) is 20.3. The van der Waals surface area contributed by atoms with E-state index in [2.05, 4.69) is 10.4 Å². The minimum absolute atomic E-state index is 0.0679. The number of hydrogen-bond acceptors (Lipinski definition) is 9. The number of rotatable bonds is 7. The molecule has 2 heterocycles. The highest BCUT2D eigenvalue weighted by Gasteiger charge is 2.19. The van der Waals surface area contributed by atoms with Crippen LogP contribution in [0.1, 0.15) is 5.56 Å². The van der Waals surface area contributed by atoms with Gasteiger partial charge in [-0.2, -0.15) is 4.91 Å². The highest BCUT2D eigenvalue weighted by Crippen LogP contribution is 2.34. The lowest BCUT2D eigenvalue weighted by molar-refractivity contribution is 0.336. The molecule has 0 aliphatic carbocycles. The third kappa shape index (κ3) is 3.90. The van der Waals surface area contributed by atoms with Crippen LogP contribution in [0.5, 0.6) is 0 Å². The van der Waals surface area contributed by atoms with Crippen molar-refractivity contribution in [3.63, 3.8) is 0 Å². The third-order valence-electron chi connectivity index (χ3n) is 5.02. The molecule has 9 nitrogen and oxygen atoms in total. The molecule has 0 saturated carbocycles. The molecule has 9 heteroatoms. The summed E-state index contributed by atoms with van der Waals surface area (Å²) < 4.78 is 10.8. The minimum Gasteiger partial charge on any atom is -0.422 e. The highest BCUT2D eigenvalue weighted by atomic mass is 16.4. The van der Waals surface area contributed by atoms with Crippen LogP contribution in [0.2, 0.25) is 0 Å². The maximum absolute atomic E-state index is 12.7. The summed E-state index contributed by atoms with van der Waals surface area (Å²) in [6.07, 6.45) is 0. The molecule has 31 heavy (non-hydrogen) atoms. The Bertz CT molecular complexity index is 1420. The van der Waals surface area contributed by atoms with Gasteiger partial charge in [-0.25, -0.2) is 9.59 Å². The van der Waals surface area contributed by atoms with Crippen LogP contribution in [-0.4, -0.2) is 25.0 Å². The predicted molar refractivity (Wildman–Crippen MR) is 116 cm³/mol. The van der Waals surface area contributed by atoms with Crippen molar-refractivity contribution in [1.29, 1.82) is 0 Å². The lowest BCUT2D eigenvalue weighted by Crippen LogP contribution is -2.21. The van der Waals surface area contributed by atoms with Gasteiger partial charge in [0.2, 0.25) is 0 Å². The summed E-state index contributed by atoms with van der Waals surface area (Å²) in [7, 11) is 1.73. The zero-order valence-corrected chi connectivity index (χ0v) is 16.5. The molecular formula is C22H17N3O6. The topological polar surface area (TPSA) is 123 Å². The average Bonchev–Trinajstić information content (AvgIpc) is 2.77. The maximum Gasteiger partial charge on any atom is 0.344 e. The molecule has 0 unspecified atom stereocenters. The van der Waals surface area contributed by atoms with Crippen LogP contribution in [-0.2, 0) is 6.54 Å². The summed E-state index contributed by atoms with van der Waals surface area (Å²) in [4.78, 5) is 48.6. The normalized spacial score (nSPS) is 11.3. The van der Waals surface area contributed by atoms with Crippen molar-refractivity contribution < 1.29 is 8.83 Å². The van der Waals surface area contributed by atoms with Crippen molar-refractivity contribution in [2.24, 2.45) is 10.4 Å². The molecule has 0 aliphatic rings. The standard InChI is InChI=1S/C22H17N3O6/c1-25(9-8-23-28)12-17-18(24-29)7-6-14-15(11-20(26)31-21(14)17)16-10-13-4-2-3-5-19(13)30-22(16)27/h2-7,10-11H,8-9,12H2,1H3. The number of para-hydroxylation sites is 1. The number of likely N-dealkylation sites (N-methyl/N-ethyl adjacent to an activating group) is 1. The van der Waals surface area contributed by atoms with Gasteiger partial charge < -0.3 is 8.83 Å². The Balaban J connectivity index is 1.96. The fourth-order valence-corrected chi connectivity index (χ4v) is 3.54. The van der Waals surface area contributed by atoms with Gasteiger partial charge in [-0.15, -0.1) is 4.91 Å². The molecule has 0 atom stereocenters.